The van der Waals surface area contributed by atoms with Gasteiger partial charge in [0.2, 0.25) is 0 Å². The third kappa shape index (κ3) is 14.1. The molecule has 0 saturated heterocycles. The lowest BCUT2D eigenvalue weighted by Gasteiger charge is -2.08. The van der Waals surface area contributed by atoms with Gasteiger partial charge in [-0.2, -0.15) is 0 Å². The van der Waals surface area contributed by atoms with E-state index in [0.717, 1.165) is 12.8 Å². The smallest absolute Gasteiger partial charge is 0.325 e. The molecule has 0 aromatic rings. The van der Waals surface area contributed by atoms with Crippen molar-refractivity contribution in [2.75, 3.05) is 13.2 Å². The number of hydrogen-bond acceptors (Lipinski definition) is 4. The van der Waals surface area contributed by atoms with Crippen molar-refractivity contribution in [3.8, 4) is 0 Å². The van der Waals surface area contributed by atoms with E-state index in [4.69, 9.17) is 15.6 Å². The van der Waals surface area contributed by atoms with Gasteiger partial charge in [-0.1, -0.05) is 64.7 Å². The fraction of sp³-hybridized carbons (Fsp3) is 0.933. The Balaban J connectivity index is 0. The van der Waals surface area contributed by atoms with Crippen LogP contribution in [-0.2, 0) is 9.53 Å². The Morgan fingerprint density at radius 3 is 1.90 bits per heavy atom. The van der Waals surface area contributed by atoms with Crippen molar-refractivity contribution in [3.63, 3.8) is 0 Å². The molecule has 0 bridgehead atoms. The number of nitrogens with two attached hydrogens (primary N) is 1. The van der Waals surface area contributed by atoms with Crippen molar-refractivity contribution in [2.24, 2.45) is 5.73 Å². The molecule has 0 aliphatic heterocycles. The van der Waals surface area contributed by atoms with E-state index >= 15 is 0 Å². The molecule has 1 atom stereocenters. The first-order valence-electron chi connectivity index (χ1n) is 7.75. The van der Waals surface area contributed by atoms with E-state index in [2.05, 4.69) is 6.92 Å². The largest absolute Gasteiger partial charge is 0.464 e. The normalized spacial score (nSPS) is 11.8. The van der Waals surface area contributed by atoms with E-state index in [0.29, 0.717) is 6.61 Å². The lowest BCUT2D eigenvalue weighted by atomic mass is 10.1. The second-order valence-corrected chi connectivity index (χ2v) is 5.14. The maximum Gasteiger partial charge on any atom is 0.325 e. The zero-order chi connectivity index (χ0) is 14.3. The minimum atomic E-state index is -0.886. The van der Waals surface area contributed by atoms with Gasteiger partial charge in [-0.25, -0.2) is 0 Å². The van der Waals surface area contributed by atoms with Crippen LogP contribution in [0.25, 0.3) is 0 Å². The molecule has 0 aromatic carbocycles. The molecule has 0 spiro atoms. The van der Waals surface area contributed by atoms with Crippen molar-refractivity contribution in [2.45, 2.75) is 77.2 Å². The average molecular weight is 310 g/mol. The fourth-order valence-corrected chi connectivity index (χ4v) is 1.94. The predicted octanol–water partition coefficient (Wildman–Crippen LogP) is 3.19. The quantitative estimate of drug-likeness (QED) is 0.405. The van der Waals surface area contributed by atoms with Crippen LogP contribution in [-0.4, -0.2) is 30.3 Å². The fourth-order valence-electron chi connectivity index (χ4n) is 1.94. The highest BCUT2D eigenvalue weighted by molar-refractivity contribution is 5.85. The molecular weight excluding hydrogens is 278 g/mol. The van der Waals surface area contributed by atoms with Crippen molar-refractivity contribution >= 4 is 18.4 Å². The number of rotatable bonds is 13. The molecule has 0 fully saturated rings. The van der Waals surface area contributed by atoms with Crippen molar-refractivity contribution in [3.05, 3.63) is 0 Å². The van der Waals surface area contributed by atoms with E-state index in [1.54, 1.807) is 0 Å². The van der Waals surface area contributed by atoms with Gasteiger partial charge in [0.15, 0.2) is 0 Å². The molecule has 0 heterocycles. The summed E-state index contributed by atoms with van der Waals surface area (Å²) >= 11 is 0. The van der Waals surface area contributed by atoms with E-state index in [-0.39, 0.29) is 19.0 Å². The minimum Gasteiger partial charge on any atom is -0.464 e. The summed E-state index contributed by atoms with van der Waals surface area (Å²) in [5, 5.41) is 8.66. The maximum absolute atomic E-state index is 11.1. The Morgan fingerprint density at radius 2 is 1.45 bits per heavy atom. The number of aliphatic hydroxyl groups excluding tert-OH is 1. The molecule has 0 saturated carbocycles. The molecule has 5 heteroatoms. The van der Waals surface area contributed by atoms with Gasteiger partial charge in [0, 0.05) is 0 Å². The summed E-state index contributed by atoms with van der Waals surface area (Å²) in [5.41, 5.74) is 5.32. The maximum atomic E-state index is 11.1. The van der Waals surface area contributed by atoms with Gasteiger partial charge in [0.25, 0.3) is 0 Å². The first kappa shape index (κ1) is 22.0. The monoisotopic (exact) mass is 309 g/mol. The van der Waals surface area contributed by atoms with Gasteiger partial charge in [0.05, 0.1) is 13.2 Å². The third-order valence-electron chi connectivity index (χ3n) is 3.24. The zero-order valence-electron chi connectivity index (χ0n) is 12.8. The Kier molecular flexibility index (Phi) is 18.4. The van der Waals surface area contributed by atoms with E-state index in [9.17, 15) is 4.79 Å². The van der Waals surface area contributed by atoms with Crippen molar-refractivity contribution in [1.29, 1.82) is 0 Å². The number of hydrogen-bond donors (Lipinski definition) is 2. The van der Waals surface area contributed by atoms with E-state index < -0.39 is 12.0 Å². The summed E-state index contributed by atoms with van der Waals surface area (Å²) in [6.45, 7) is 2.31. The van der Waals surface area contributed by atoms with E-state index in [1.165, 1.54) is 51.4 Å². The van der Waals surface area contributed by atoms with Crippen molar-refractivity contribution in [1.82, 2.24) is 0 Å². The SMILES string of the molecule is CCCCCCCCCCCCOC(=O)[C@@H](N)CO.Cl. The summed E-state index contributed by atoms with van der Waals surface area (Å²) in [6, 6.07) is -0.886. The number of halogens is 1. The summed E-state index contributed by atoms with van der Waals surface area (Å²) in [4.78, 5) is 11.1. The molecule has 0 radical (unpaired) electrons. The summed E-state index contributed by atoms with van der Waals surface area (Å²) in [5.74, 6) is -0.501. The Hall–Kier alpha value is -0.320. The third-order valence-corrected chi connectivity index (χ3v) is 3.24. The predicted molar refractivity (Wildman–Crippen MR) is 85.1 cm³/mol. The average Bonchev–Trinajstić information content (AvgIpc) is 2.43. The molecule has 0 aliphatic carbocycles. The molecule has 4 nitrogen and oxygen atoms in total. The van der Waals surface area contributed by atoms with Gasteiger partial charge in [-0.05, 0) is 6.42 Å². The lowest BCUT2D eigenvalue weighted by molar-refractivity contribution is -0.146. The van der Waals surface area contributed by atoms with Crippen LogP contribution in [0, 0.1) is 0 Å². The van der Waals surface area contributed by atoms with Gasteiger partial charge < -0.3 is 15.6 Å². The first-order chi connectivity index (χ1) is 9.22. The van der Waals surface area contributed by atoms with Gasteiger partial charge in [-0.3, -0.25) is 4.79 Å². The van der Waals surface area contributed by atoms with E-state index in [1.807, 2.05) is 0 Å². The van der Waals surface area contributed by atoms with Crippen LogP contribution in [0.5, 0.6) is 0 Å². The molecular formula is C15H32ClNO3. The van der Waals surface area contributed by atoms with Crippen LogP contribution in [0.2, 0.25) is 0 Å². The lowest BCUT2D eigenvalue weighted by Crippen LogP contribution is -2.35. The highest BCUT2D eigenvalue weighted by Gasteiger charge is 2.12. The highest BCUT2D eigenvalue weighted by Crippen LogP contribution is 2.10. The molecule has 0 unspecified atom stereocenters. The van der Waals surface area contributed by atoms with Gasteiger partial charge in [0.1, 0.15) is 6.04 Å². The number of esters is 1. The summed E-state index contributed by atoms with van der Waals surface area (Å²) < 4.78 is 4.94. The topological polar surface area (TPSA) is 72.5 Å². The molecule has 3 N–H and O–H groups in total. The Labute approximate surface area is 129 Å². The second-order valence-electron chi connectivity index (χ2n) is 5.14. The number of carbonyl (C=O) groups excluding carboxylic acids is 1. The molecule has 0 aliphatic rings. The zero-order valence-corrected chi connectivity index (χ0v) is 13.6. The van der Waals surface area contributed by atoms with Crippen LogP contribution in [0.1, 0.15) is 71.1 Å². The molecule has 0 aromatic heterocycles. The molecule has 20 heavy (non-hydrogen) atoms. The number of unbranched alkanes of at least 4 members (excludes halogenated alkanes) is 9. The number of carbonyl (C=O) groups is 1. The van der Waals surface area contributed by atoms with Gasteiger partial charge in [-0.15, -0.1) is 12.4 Å². The number of aliphatic hydroxyl groups is 1. The van der Waals surface area contributed by atoms with Gasteiger partial charge >= 0.3 is 5.97 Å². The highest BCUT2D eigenvalue weighted by atomic mass is 35.5. The molecule has 0 rings (SSSR count). The van der Waals surface area contributed by atoms with Crippen LogP contribution in [0.3, 0.4) is 0 Å². The second kappa shape index (κ2) is 16.7. The van der Waals surface area contributed by atoms with Crippen LogP contribution < -0.4 is 5.73 Å². The summed E-state index contributed by atoms with van der Waals surface area (Å²) in [7, 11) is 0. The molecule has 0 amide bonds. The first-order valence-corrected chi connectivity index (χ1v) is 7.75. The molecule has 122 valence electrons. The van der Waals surface area contributed by atoms with Crippen LogP contribution in [0.4, 0.5) is 0 Å². The van der Waals surface area contributed by atoms with Crippen LogP contribution >= 0.6 is 12.4 Å². The minimum absolute atomic E-state index is 0. The Bertz CT molecular complexity index is 215. The Morgan fingerprint density at radius 1 is 1.00 bits per heavy atom. The standard InChI is InChI=1S/C15H31NO3.ClH/c1-2-3-4-5-6-7-8-9-10-11-12-19-15(18)14(16)13-17;/h14,17H,2-13,16H2,1H3;1H/t14-;/m0./s1. The van der Waals surface area contributed by atoms with Crippen molar-refractivity contribution < 1.29 is 14.6 Å². The number of ether oxygens (including phenoxy) is 1. The summed E-state index contributed by atoms with van der Waals surface area (Å²) in [6.07, 6.45) is 12.5. The van der Waals surface area contributed by atoms with Crippen LogP contribution in [0.15, 0.2) is 0 Å².